The van der Waals surface area contributed by atoms with E-state index in [-0.39, 0.29) is 6.61 Å². The number of hydrogen-bond acceptors (Lipinski definition) is 4. The third kappa shape index (κ3) is 5.45. The van der Waals surface area contributed by atoms with Gasteiger partial charge in [-0.15, -0.1) is 0 Å². The van der Waals surface area contributed by atoms with Gasteiger partial charge in [-0.25, -0.2) is 9.59 Å². The summed E-state index contributed by atoms with van der Waals surface area (Å²) in [6.45, 7) is -0.0934. The van der Waals surface area contributed by atoms with Crippen molar-refractivity contribution in [3.8, 4) is 11.1 Å². The maximum atomic E-state index is 14.6. The first kappa shape index (κ1) is 29.4. The van der Waals surface area contributed by atoms with Crippen molar-refractivity contribution in [2.75, 3.05) is 0 Å². The summed E-state index contributed by atoms with van der Waals surface area (Å²) in [5.41, 5.74) is 11.3. The molecule has 0 unspecified atom stereocenters. The van der Waals surface area contributed by atoms with Crippen LogP contribution in [0, 0.1) is 0 Å². The summed E-state index contributed by atoms with van der Waals surface area (Å²) in [4.78, 5) is 41.2. The summed E-state index contributed by atoms with van der Waals surface area (Å²) in [5.74, 6) is -2.24. The van der Waals surface area contributed by atoms with Crippen LogP contribution in [0.1, 0.15) is 39.8 Å². The van der Waals surface area contributed by atoms with Gasteiger partial charge in [-0.2, -0.15) is 0 Å². The molecule has 7 nitrogen and oxygen atoms in total. The van der Waals surface area contributed by atoms with Gasteiger partial charge in [0, 0.05) is 0 Å². The lowest BCUT2D eigenvalue weighted by Crippen LogP contribution is -2.59. The van der Waals surface area contributed by atoms with Crippen LogP contribution in [0.5, 0.6) is 0 Å². The molecule has 6 rings (SSSR count). The molecule has 0 aromatic heterocycles. The Bertz CT molecular complexity index is 1740. The van der Waals surface area contributed by atoms with Crippen molar-refractivity contribution < 1.29 is 24.2 Å². The Morgan fingerprint density at radius 2 is 1.22 bits per heavy atom. The molecule has 0 bridgehead atoms. The minimum atomic E-state index is -1.65. The molecule has 3 N–H and O–H groups in total. The number of benzene rings is 5. The smallest absolute Gasteiger partial charge is 0.412 e. The van der Waals surface area contributed by atoms with Crippen LogP contribution in [0.3, 0.4) is 0 Å². The van der Waals surface area contributed by atoms with Crippen molar-refractivity contribution in [1.29, 1.82) is 0 Å². The number of aliphatic carboxylic acids is 1. The molecule has 2 amide bonds. The Kier molecular flexibility index (Phi) is 8.16. The number of rotatable bonds is 10. The van der Waals surface area contributed by atoms with E-state index in [1.165, 1.54) is 10.5 Å². The van der Waals surface area contributed by atoms with Gasteiger partial charge in [0.25, 0.3) is 0 Å². The van der Waals surface area contributed by atoms with E-state index in [2.05, 4.69) is 18.2 Å². The summed E-state index contributed by atoms with van der Waals surface area (Å²) in [6.07, 6.45) is -0.813. The van der Waals surface area contributed by atoms with Crippen LogP contribution >= 0.6 is 0 Å². The topological polar surface area (TPSA) is 110 Å². The SMILES string of the molecule is NC(=O)C[C@@H](C(=O)O)N(C(=O)OCc1cccc2c1Cc1ccccc1-2)C(c1ccccc1)(c1ccccc1)c1ccccc1. The lowest BCUT2D eigenvalue weighted by molar-refractivity contribution is -0.146. The Hall–Kier alpha value is -5.69. The highest BCUT2D eigenvalue weighted by Crippen LogP contribution is 2.45. The Morgan fingerprint density at radius 1 is 0.711 bits per heavy atom. The molecule has 0 spiro atoms. The number of nitrogens with zero attached hydrogens (tertiary/aromatic N) is 1. The zero-order valence-electron chi connectivity index (χ0n) is 24.5. The average Bonchev–Trinajstić information content (AvgIpc) is 3.46. The van der Waals surface area contributed by atoms with Crippen LogP contribution < -0.4 is 5.73 Å². The van der Waals surface area contributed by atoms with Crippen LogP contribution in [0.25, 0.3) is 11.1 Å². The maximum Gasteiger partial charge on any atom is 0.412 e. The van der Waals surface area contributed by atoms with E-state index < -0.39 is 36.0 Å². The molecule has 0 fully saturated rings. The Balaban J connectivity index is 1.51. The molecule has 1 aliphatic rings. The van der Waals surface area contributed by atoms with E-state index in [1.807, 2.05) is 115 Å². The molecule has 0 radical (unpaired) electrons. The fraction of sp³-hybridized carbons (Fsp3) is 0.132. The molecule has 224 valence electrons. The largest absolute Gasteiger partial charge is 0.480 e. The summed E-state index contributed by atoms with van der Waals surface area (Å²) in [5, 5.41) is 10.6. The lowest BCUT2D eigenvalue weighted by Gasteiger charge is -2.47. The normalized spacial score (nSPS) is 12.4. The molecular weight excluding hydrogens is 564 g/mol. The van der Waals surface area contributed by atoms with Crippen LogP contribution in [0.4, 0.5) is 4.79 Å². The zero-order chi connectivity index (χ0) is 31.4. The molecule has 0 saturated heterocycles. The third-order valence-electron chi connectivity index (χ3n) is 8.42. The van der Waals surface area contributed by atoms with Crippen LogP contribution in [0.15, 0.2) is 133 Å². The fourth-order valence-corrected chi connectivity index (χ4v) is 6.50. The van der Waals surface area contributed by atoms with E-state index in [4.69, 9.17) is 10.5 Å². The van der Waals surface area contributed by atoms with E-state index in [0.29, 0.717) is 23.1 Å². The summed E-state index contributed by atoms with van der Waals surface area (Å²) in [7, 11) is 0. The fourth-order valence-electron chi connectivity index (χ4n) is 6.50. The summed E-state index contributed by atoms with van der Waals surface area (Å²) < 4.78 is 6.07. The molecule has 5 aromatic rings. The molecular formula is C38H32N2O5. The molecule has 45 heavy (non-hydrogen) atoms. The number of primary amides is 1. The van der Waals surface area contributed by atoms with E-state index in [0.717, 1.165) is 22.3 Å². The first-order chi connectivity index (χ1) is 21.9. The number of fused-ring (bicyclic) bond motifs is 3. The van der Waals surface area contributed by atoms with Crippen molar-refractivity contribution in [2.24, 2.45) is 5.73 Å². The monoisotopic (exact) mass is 596 g/mol. The van der Waals surface area contributed by atoms with Crippen LogP contribution in [0.2, 0.25) is 0 Å². The van der Waals surface area contributed by atoms with Gasteiger partial charge in [-0.1, -0.05) is 133 Å². The molecule has 5 aromatic carbocycles. The van der Waals surface area contributed by atoms with Crippen LogP contribution in [-0.2, 0) is 32.9 Å². The second kappa shape index (κ2) is 12.5. The number of carbonyl (C=O) groups is 3. The number of carboxylic acids is 1. The quantitative estimate of drug-likeness (QED) is 0.175. The summed E-state index contributed by atoms with van der Waals surface area (Å²) in [6, 6.07) is 39.9. The Morgan fingerprint density at radius 3 is 1.76 bits per heavy atom. The lowest BCUT2D eigenvalue weighted by atomic mass is 9.74. The molecule has 0 aliphatic heterocycles. The van der Waals surface area contributed by atoms with E-state index in [9.17, 15) is 19.5 Å². The second-order valence-corrected chi connectivity index (χ2v) is 11.0. The van der Waals surface area contributed by atoms with Crippen molar-refractivity contribution >= 4 is 18.0 Å². The minimum Gasteiger partial charge on any atom is -0.480 e. The number of nitrogens with two attached hydrogens (primary N) is 1. The van der Waals surface area contributed by atoms with E-state index >= 15 is 0 Å². The second-order valence-electron chi connectivity index (χ2n) is 11.0. The van der Waals surface area contributed by atoms with Gasteiger partial charge in [0.15, 0.2) is 0 Å². The number of carboxylic acid groups (broad SMARTS) is 1. The number of carbonyl (C=O) groups excluding carboxylic acids is 2. The number of amides is 2. The highest BCUT2D eigenvalue weighted by Gasteiger charge is 2.51. The highest BCUT2D eigenvalue weighted by molar-refractivity contribution is 5.88. The van der Waals surface area contributed by atoms with E-state index in [1.54, 1.807) is 0 Å². The van der Waals surface area contributed by atoms with Crippen molar-refractivity contribution in [2.45, 2.75) is 31.0 Å². The first-order valence-corrected chi connectivity index (χ1v) is 14.7. The zero-order valence-corrected chi connectivity index (χ0v) is 24.5. The Labute approximate surface area is 261 Å². The number of ether oxygens (including phenoxy) is 1. The summed E-state index contributed by atoms with van der Waals surface area (Å²) >= 11 is 0. The average molecular weight is 597 g/mol. The van der Waals surface area contributed by atoms with Gasteiger partial charge in [0.1, 0.15) is 18.2 Å². The van der Waals surface area contributed by atoms with Gasteiger partial charge in [-0.05, 0) is 50.9 Å². The first-order valence-electron chi connectivity index (χ1n) is 14.7. The van der Waals surface area contributed by atoms with Crippen molar-refractivity contribution in [1.82, 2.24) is 4.90 Å². The van der Waals surface area contributed by atoms with Crippen molar-refractivity contribution in [3.63, 3.8) is 0 Å². The highest BCUT2D eigenvalue weighted by atomic mass is 16.6. The predicted octanol–water partition coefficient (Wildman–Crippen LogP) is 6.52. The van der Waals surface area contributed by atoms with Crippen LogP contribution in [-0.4, -0.2) is 34.0 Å². The molecule has 7 heteroatoms. The molecule has 0 heterocycles. The third-order valence-corrected chi connectivity index (χ3v) is 8.42. The molecule has 1 atom stereocenters. The van der Waals surface area contributed by atoms with Gasteiger partial charge in [-0.3, -0.25) is 9.69 Å². The number of hydrogen-bond donors (Lipinski definition) is 2. The minimum absolute atomic E-state index is 0.0934. The van der Waals surface area contributed by atoms with Gasteiger partial charge in [0.2, 0.25) is 5.91 Å². The standard InChI is InChI=1S/C38H32N2O5/c39-35(41)24-34(36(42)43)40(37(44)45-25-27-14-12-22-32-31-21-11-10-13-26(31)23-33(27)32)38(28-15-4-1-5-16-28,29-17-6-2-7-18-29)30-19-8-3-9-20-30/h1-22,34H,23-25H2,(H2,39,41)(H,42,43)/t34-/m0/s1. The maximum absolute atomic E-state index is 14.6. The van der Waals surface area contributed by atoms with Crippen molar-refractivity contribution in [3.05, 3.63) is 167 Å². The predicted molar refractivity (Wildman–Crippen MR) is 171 cm³/mol. The molecule has 0 saturated carbocycles. The van der Waals surface area contributed by atoms with Gasteiger partial charge < -0.3 is 15.6 Å². The van der Waals surface area contributed by atoms with Gasteiger partial charge >= 0.3 is 12.1 Å². The van der Waals surface area contributed by atoms with Gasteiger partial charge in [0.05, 0.1) is 6.42 Å². The molecule has 1 aliphatic carbocycles.